The molecule has 0 aliphatic heterocycles. The number of carbonyl (C=O) groups excluding carboxylic acids is 1. The number of ether oxygens (including phenoxy) is 2. The van der Waals surface area contributed by atoms with E-state index in [-0.39, 0.29) is 17.6 Å². The third-order valence-corrected chi connectivity index (χ3v) is 4.00. The van der Waals surface area contributed by atoms with Gasteiger partial charge in [-0.2, -0.15) is 0 Å². The van der Waals surface area contributed by atoms with Gasteiger partial charge in [-0.25, -0.2) is 0 Å². The van der Waals surface area contributed by atoms with E-state index in [1.54, 1.807) is 18.2 Å². The number of para-hydroxylation sites is 1. The van der Waals surface area contributed by atoms with Gasteiger partial charge < -0.3 is 14.8 Å². The summed E-state index contributed by atoms with van der Waals surface area (Å²) < 4.78 is 10.9. The summed E-state index contributed by atoms with van der Waals surface area (Å²) in [5.74, 6) is 1.19. The number of benzene rings is 2. The second kappa shape index (κ2) is 9.40. The summed E-state index contributed by atoms with van der Waals surface area (Å²) in [6.45, 7) is 4.00. The lowest BCUT2D eigenvalue weighted by Crippen LogP contribution is -2.37. The normalized spacial score (nSPS) is 10.3. The second-order valence-electron chi connectivity index (χ2n) is 5.83. The largest absolute Gasteiger partial charge is 0.495 e. The van der Waals surface area contributed by atoms with Crippen LogP contribution in [0.15, 0.2) is 42.5 Å². The van der Waals surface area contributed by atoms with Crippen molar-refractivity contribution in [3.8, 4) is 11.5 Å². The summed E-state index contributed by atoms with van der Waals surface area (Å²) in [5.41, 5.74) is 1.61. The van der Waals surface area contributed by atoms with Crippen LogP contribution in [0.25, 0.3) is 0 Å². The molecule has 0 aliphatic rings. The Bertz CT molecular complexity index is 796. The number of amides is 1. The quantitative estimate of drug-likeness (QED) is 0.715. The van der Waals surface area contributed by atoms with Gasteiger partial charge in [-0.05, 0) is 48.0 Å². The molecular formula is C19H21ClN2O3S. The van der Waals surface area contributed by atoms with Gasteiger partial charge in [0.05, 0.1) is 12.8 Å². The van der Waals surface area contributed by atoms with Gasteiger partial charge in [-0.15, -0.1) is 0 Å². The molecule has 2 aromatic rings. The first kappa shape index (κ1) is 20.0. The summed E-state index contributed by atoms with van der Waals surface area (Å²) in [5, 5.41) is 6.13. The molecule has 5 nitrogen and oxygen atoms in total. The summed E-state index contributed by atoms with van der Waals surface area (Å²) in [4.78, 5) is 12.1. The number of halogens is 1. The topological polar surface area (TPSA) is 59.6 Å². The minimum Gasteiger partial charge on any atom is -0.495 e. The number of rotatable bonds is 6. The maximum Gasteiger partial charge on any atom is 0.264 e. The maximum atomic E-state index is 12.1. The van der Waals surface area contributed by atoms with Crippen LogP contribution in [-0.4, -0.2) is 24.7 Å². The smallest absolute Gasteiger partial charge is 0.264 e. The van der Waals surface area contributed by atoms with Gasteiger partial charge in [-0.3, -0.25) is 10.1 Å². The molecule has 1 amide bonds. The number of thiocarbonyl (C=S) groups is 1. The molecule has 0 atom stereocenters. The highest BCUT2D eigenvalue weighted by atomic mass is 35.5. The van der Waals surface area contributed by atoms with Crippen molar-refractivity contribution >= 4 is 40.5 Å². The van der Waals surface area contributed by atoms with Gasteiger partial charge >= 0.3 is 0 Å². The lowest BCUT2D eigenvalue weighted by molar-refractivity contribution is -0.121. The third kappa shape index (κ3) is 5.61. The molecule has 0 heterocycles. The molecule has 0 fully saturated rings. The van der Waals surface area contributed by atoms with Gasteiger partial charge in [0.1, 0.15) is 11.5 Å². The Morgan fingerprint density at radius 1 is 1.19 bits per heavy atom. The molecule has 0 saturated carbocycles. The Balaban J connectivity index is 1.92. The number of methoxy groups -OCH3 is 1. The molecule has 7 heteroatoms. The van der Waals surface area contributed by atoms with E-state index in [0.717, 1.165) is 5.56 Å². The number of hydrogen-bond acceptors (Lipinski definition) is 4. The number of anilines is 1. The fourth-order valence-electron chi connectivity index (χ4n) is 2.33. The molecular weight excluding hydrogens is 372 g/mol. The molecule has 0 bridgehead atoms. The van der Waals surface area contributed by atoms with E-state index < -0.39 is 0 Å². The minimum absolute atomic E-state index is 0.135. The Hall–Kier alpha value is -2.31. The molecule has 26 heavy (non-hydrogen) atoms. The van der Waals surface area contributed by atoms with Crippen LogP contribution in [0.3, 0.4) is 0 Å². The average molecular weight is 393 g/mol. The summed E-state index contributed by atoms with van der Waals surface area (Å²) in [6.07, 6.45) is 0. The second-order valence-corrected chi connectivity index (χ2v) is 6.67. The Kier molecular flexibility index (Phi) is 7.24. The van der Waals surface area contributed by atoms with Gasteiger partial charge in [0.2, 0.25) is 0 Å². The van der Waals surface area contributed by atoms with Crippen LogP contribution in [0.5, 0.6) is 11.5 Å². The lowest BCUT2D eigenvalue weighted by atomic mass is 10.0. The zero-order valence-corrected chi connectivity index (χ0v) is 16.4. The van der Waals surface area contributed by atoms with Crippen molar-refractivity contribution in [2.45, 2.75) is 19.8 Å². The van der Waals surface area contributed by atoms with E-state index in [4.69, 9.17) is 33.3 Å². The van der Waals surface area contributed by atoms with Crippen LogP contribution in [0, 0.1) is 0 Å². The van der Waals surface area contributed by atoms with Crippen LogP contribution < -0.4 is 20.1 Å². The minimum atomic E-state index is -0.359. The molecule has 0 unspecified atom stereocenters. The van der Waals surface area contributed by atoms with Crippen LogP contribution in [-0.2, 0) is 4.79 Å². The standard InChI is InChI=1S/C19H21ClN2O3S/c1-12(2)14-6-4-5-7-16(14)25-11-18(23)22-19(26)21-15-10-13(20)8-9-17(15)24-3/h4-10,12H,11H2,1-3H3,(H2,21,22,23,26). The highest BCUT2D eigenvalue weighted by Crippen LogP contribution is 2.27. The van der Waals surface area contributed by atoms with Crippen molar-refractivity contribution in [3.63, 3.8) is 0 Å². The van der Waals surface area contributed by atoms with Crippen LogP contribution in [0.1, 0.15) is 25.3 Å². The Morgan fingerprint density at radius 2 is 1.92 bits per heavy atom. The zero-order valence-electron chi connectivity index (χ0n) is 14.8. The van der Waals surface area contributed by atoms with Crippen LogP contribution in [0.4, 0.5) is 5.69 Å². The predicted molar refractivity (Wildman–Crippen MR) is 108 cm³/mol. The SMILES string of the molecule is COc1ccc(Cl)cc1NC(=S)NC(=O)COc1ccccc1C(C)C. The molecule has 0 spiro atoms. The fraction of sp³-hybridized carbons (Fsp3) is 0.263. The highest BCUT2D eigenvalue weighted by Gasteiger charge is 2.11. The van der Waals surface area contributed by atoms with Crippen LogP contribution in [0.2, 0.25) is 5.02 Å². The van der Waals surface area contributed by atoms with Gasteiger partial charge in [0.25, 0.3) is 5.91 Å². The zero-order chi connectivity index (χ0) is 19.1. The maximum absolute atomic E-state index is 12.1. The third-order valence-electron chi connectivity index (χ3n) is 3.56. The first-order valence-corrected chi connectivity index (χ1v) is 8.85. The summed E-state index contributed by atoms with van der Waals surface area (Å²) >= 11 is 11.1. The molecule has 0 radical (unpaired) electrons. The van der Waals surface area contributed by atoms with Gasteiger partial charge in [0, 0.05) is 5.02 Å². The van der Waals surface area contributed by atoms with Gasteiger partial charge in [0.15, 0.2) is 11.7 Å². The monoisotopic (exact) mass is 392 g/mol. The van der Waals surface area contributed by atoms with Crippen molar-refractivity contribution < 1.29 is 14.3 Å². The Morgan fingerprint density at radius 3 is 2.62 bits per heavy atom. The molecule has 2 rings (SSSR count). The van der Waals surface area contributed by atoms with Crippen molar-refractivity contribution in [3.05, 3.63) is 53.1 Å². The molecule has 138 valence electrons. The molecule has 0 aromatic heterocycles. The predicted octanol–water partition coefficient (Wildman–Crippen LogP) is 4.36. The fourth-order valence-corrected chi connectivity index (χ4v) is 2.72. The van der Waals surface area contributed by atoms with Crippen molar-refractivity contribution in [2.75, 3.05) is 19.0 Å². The Labute approximate surface area is 163 Å². The molecule has 0 saturated heterocycles. The van der Waals surface area contributed by atoms with Crippen molar-refractivity contribution in [1.82, 2.24) is 5.32 Å². The summed E-state index contributed by atoms with van der Waals surface area (Å²) in [7, 11) is 1.54. The first-order valence-electron chi connectivity index (χ1n) is 8.06. The van der Waals surface area contributed by atoms with Crippen molar-refractivity contribution in [1.29, 1.82) is 0 Å². The molecule has 0 aliphatic carbocycles. The van der Waals surface area contributed by atoms with E-state index in [0.29, 0.717) is 28.1 Å². The van der Waals surface area contributed by atoms with Crippen LogP contribution >= 0.6 is 23.8 Å². The van der Waals surface area contributed by atoms with Gasteiger partial charge in [-0.1, -0.05) is 43.6 Å². The van der Waals surface area contributed by atoms with E-state index in [1.165, 1.54) is 7.11 Å². The van der Waals surface area contributed by atoms with E-state index in [2.05, 4.69) is 24.5 Å². The van der Waals surface area contributed by atoms with E-state index in [9.17, 15) is 4.79 Å². The van der Waals surface area contributed by atoms with E-state index >= 15 is 0 Å². The average Bonchev–Trinajstić information content (AvgIpc) is 2.60. The highest BCUT2D eigenvalue weighted by molar-refractivity contribution is 7.80. The number of nitrogens with one attached hydrogen (secondary N) is 2. The first-order chi connectivity index (χ1) is 12.4. The van der Waals surface area contributed by atoms with E-state index in [1.807, 2.05) is 24.3 Å². The number of carbonyl (C=O) groups is 1. The lowest BCUT2D eigenvalue weighted by Gasteiger charge is -2.15. The molecule has 2 aromatic carbocycles. The summed E-state index contributed by atoms with van der Waals surface area (Å²) in [6, 6.07) is 12.7. The van der Waals surface area contributed by atoms with Crippen molar-refractivity contribution in [2.24, 2.45) is 0 Å². The molecule has 2 N–H and O–H groups in total. The number of hydrogen-bond donors (Lipinski definition) is 2.